The fourth-order valence-electron chi connectivity index (χ4n) is 4.23. The molecule has 5 nitrogen and oxygen atoms in total. The average Bonchev–Trinajstić information content (AvgIpc) is 3.24. The van der Waals surface area contributed by atoms with Crippen LogP contribution in [0.4, 0.5) is 0 Å². The highest BCUT2D eigenvalue weighted by Gasteiger charge is 2.30. The number of nitrogens with one attached hydrogen (secondary N) is 1. The summed E-state index contributed by atoms with van der Waals surface area (Å²) in [6, 6.07) is 18.2. The Balaban J connectivity index is 1.53. The van der Waals surface area contributed by atoms with E-state index >= 15 is 0 Å². The highest BCUT2D eigenvalue weighted by atomic mass is 35.5. The molecule has 6 heteroatoms. The molecule has 1 amide bonds. The number of nitrogens with zero attached hydrogens (tertiary/aromatic N) is 3. The van der Waals surface area contributed by atoms with E-state index in [4.69, 9.17) is 11.6 Å². The molecule has 2 heterocycles. The van der Waals surface area contributed by atoms with Crippen LogP contribution in [0.2, 0.25) is 5.02 Å². The van der Waals surface area contributed by atoms with Crippen molar-refractivity contribution in [3.63, 3.8) is 0 Å². The number of rotatable bonds is 6. The summed E-state index contributed by atoms with van der Waals surface area (Å²) >= 11 is 6.18. The number of carbonyl (C=O) groups excluding carboxylic acids is 1. The van der Waals surface area contributed by atoms with Crippen molar-refractivity contribution in [3.05, 3.63) is 88.2 Å². The lowest BCUT2D eigenvalue weighted by Gasteiger charge is -2.35. The Labute approximate surface area is 182 Å². The van der Waals surface area contributed by atoms with E-state index in [1.54, 1.807) is 11.1 Å². The molecule has 0 bridgehead atoms. The van der Waals surface area contributed by atoms with Gasteiger partial charge in [-0.3, -0.25) is 14.8 Å². The van der Waals surface area contributed by atoms with Crippen molar-refractivity contribution >= 4 is 17.5 Å². The number of aromatic nitrogens is 2. The lowest BCUT2D eigenvalue weighted by Crippen LogP contribution is -2.35. The molecule has 1 atom stereocenters. The van der Waals surface area contributed by atoms with Crippen molar-refractivity contribution in [2.75, 3.05) is 13.6 Å². The molecular weight excluding hydrogens is 396 g/mol. The van der Waals surface area contributed by atoms with Gasteiger partial charge in [-0.15, -0.1) is 0 Å². The molecule has 0 radical (unpaired) electrons. The summed E-state index contributed by atoms with van der Waals surface area (Å²) in [4.78, 5) is 17.4. The van der Waals surface area contributed by atoms with Gasteiger partial charge in [-0.05, 0) is 42.6 Å². The first-order chi connectivity index (χ1) is 14.6. The SMILES string of the molecule is CN(Cc1ccccc1)C(=O)c1cn[nH]c1[C@@H]1CCCCN1Cc1cccc(Cl)c1. The second-order valence-electron chi connectivity index (χ2n) is 7.96. The highest BCUT2D eigenvalue weighted by molar-refractivity contribution is 6.30. The monoisotopic (exact) mass is 422 g/mol. The molecule has 1 aliphatic rings. The summed E-state index contributed by atoms with van der Waals surface area (Å²) in [6.45, 7) is 2.36. The van der Waals surface area contributed by atoms with Crippen LogP contribution in [-0.4, -0.2) is 39.5 Å². The fraction of sp³-hybridized carbons (Fsp3) is 0.333. The summed E-state index contributed by atoms with van der Waals surface area (Å²) < 4.78 is 0. The van der Waals surface area contributed by atoms with Crippen LogP contribution in [0.5, 0.6) is 0 Å². The predicted octanol–water partition coefficient (Wildman–Crippen LogP) is 5.06. The second kappa shape index (κ2) is 9.45. The van der Waals surface area contributed by atoms with Gasteiger partial charge in [-0.2, -0.15) is 5.10 Å². The summed E-state index contributed by atoms with van der Waals surface area (Å²) in [5.74, 6) is -0.00381. The van der Waals surface area contributed by atoms with Crippen LogP contribution in [0.1, 0.15) is 52.5 Å². The number of carbonyl (C=O) groups is 1. The Bertz CT molecular complexity index is 988. The van der Waals surface area contributed by atoms with Crippen LogP contribution in [0.3, 0.4) is 0 Å². The van der Waals surface area contributed by atoms with E-state index in [1.807, 2.05) is 55.6 Å². The Morgan fingerprint density at radius 2 is 1.97 bits per heavy atom. The molecule has 1 fully saturated rings. The number of piperidine rings is 1. The maximum Gasteiger partial charge on any atom is 0.257 e. The van der Waals surface area contributed by atoms with Gasteiger partial charge in [0, 0.05) is 25.2 Å². The first kappa shape index (κ1) is 20.6. The lowest BCUT2D eigenvalue weighted by atomic mass is 9.96. The summed E-state index contributed by atoms with van der Waals surface area (Å²) in [6.07, 6.45) is 4.97. The molecule has 0 spiro atoms. The number of H-pyrrole nitrogens is 1. The minimum atomic E-state index is -0.00381. The topological polar surface area (TPSA) is 52.2 Å². The number of benzene rings is 2. The van der Waals surface area contributed by atoms with Crippen molar-refractivity contribution in [1.29, 1.82) is 0 Å². The first-order valence-electron chi connectivity index (χ1n) is 10.4. The first-order valence-corrected chi connectivity index (χ1v) is 10.8. The van der Waals surface area contributed by atoms with Gasteiger partial charge >= 0.3 is 0 Å². The smallest absolute Gasteiger partial charge is 0.257 e. The lowest BCUT2D eigenvalue weighted by molar-refractivity contribution is 0.0776. The number of hydrogen-bond donors (Lipinski definition) is 1. The van der Waals surface area contributed by atoms with E-state index in [-0.39, 0.29) is 11.9 Å². The molecule has 0 saturated carbocycles. The molecule has 3 aromatic rings. The van der Waals surface area contributed by atoms with E-state index in [9.17, 15) is 4.79 Å². The zero-order chi connectivity index (χ0) is 20.9. The van der Waals surface area contributed by atoms with Crippen molar-refractivity contribution in [3.8, 4) is 0 Å². The maximum absolute atomic E-state index is 13.2. The largest absolute Gasteiger partial charge is 0.337 e. The van der Waals surface area contributed by atoms with E-state index in [0.717, 1.165) is 48.6 Å². The minimum Gasteiger partial charge on any atom is -0.337 e. The number of hydrogen-bond acceptors (Lipinski definition) is 3. The molecule has 156 valence electrons. The number of halogens is 1. The maximum atomic E-state index is 13.2. The number of aromatic amines is 1. The molecule has 2 aromatic carbocycles. The molecule has 0 aliphatic carbocycles. The Morgan fingerprint density at radius 3 is 2.77 bits per heavy atom. The molecule has 1 aliphatic heterocycles. The molecule has 0 unspecified atom stereocenters. The molecular formula is C24H27ClN4O. The minimum absolute atomic E-state index is 0.00381. The molecule has 1 aromatic heterocycles. The zero-order valence-corrected chi connectivity index (χ0v) is 18.0. The molecule has 30 heavy (non-hydrogen) atoms. The van der Waals surface area contributed by atoms with Gasteiger partial charge in [0.2, 0.25) is 0 Å². The van der Waals surface area contributed by atoms with Crippen LogP contribution in [0.15, 0.2) is 60.8 Å². The average molecular weight is 423 g/mol. The number of amides is 1. The van der Waals surface area contributed by atoms with Gasteiger partial charge in [0.1, 0.15) is 0 Å². The highest BCUT2D eigenvalue weighted by Crippen LogP contribution is 2.33. The Kier molecular flexibility index (Phi) is 6.50. The molecule has 1 N–H and O–H groups in total. The summed E-state index contributed by atoms with van der Waals surface area (Å²) in [7, 11) is 1.84. The number of likely N-dealkylation sites (tertiary alicyclic amines) is 1. The van der Waals surface area contributed by atoms with Crippen molar-refractivity contribution in [2.45, 2.75) is 38.4 Å². The van der Waals surface area contributed by atoms with E-state index in [1.165, 1.54) is 5.56 Å². The third kappa shape index (κ3) is 4.74. The molecule has 1 saturated heterocycles. The van der Waals surface area contributed by atoms with E-state index in [0.29, 0.717) is 12.1 Å². The Morgan fingerprint density at radius 1 is 1.17 bits per heavy atom. The third-order valence-electron chi connectivity index (χ3n) is 5.73. The predicted molar refractivity (Wildman–Crippen MR) is 119 cm³/mol. The normalized spacial score (nSPS) is 17.1. The van der Waals surface area contributed by atoms with Crippen LogP contribution in [-0.2, 0) is 13.1 Å². The van der Waals surface area contributed by atoms with E-state index in [2.05, 4.69) is 21.2 Å². The van der Waals surface area contributed by atoms with Crippen LogP contribution < -0.4 is 0 Å². The van der Waals surface area contributed by atoms with Gasteiger partial charge in [-0.25, -0.2) is 0 Å². The van der Waals surface area contributed by atoms with Gasteiger partial charge in [-0.1, -0.05) is 60.5 Å². The summed E-state index contributed by atoms with van der Waals surface area (Å²) in [5.41, 5.74) is 3.87. The quantitative estimate of drug-likeness (QED) is 0.603. The second-order valence-corrected chi connectivity index (χ2v) is 8.39. The van der Waals surface area contributed by atoms with Crippen molar-refractivity contribution < 1.29 is 4.79 Å². The van der Waals surface area contributed by atoms with Crippen LogP contribution in [0.25, 0.3) is 0 Å². The fourth-order valence-corrected chi connectivity index (χ4v) is 4.45. The van der Waals surface area contributed by atoms with E-state index < -0.39 is 0 Å². The summed E-state index contributed by atoms with van der Waals surface area (Å²) in [5, 5.41) is 8.13. The third-order valence-corrected chi connectivity index (χ3v) is 5.97. The molecule has 4 rings (SSSR count). The van der Waals surface area contributed by atoms with Crippen LogP contribution in [0, 0.1) is 0 Å². The zero-order valence-electron chi connectivity index (χ0n) is 17.2. The van der Waals surface area contributed by atoms with Gasteiger partial charge < -0.3 is 4.90 Å². The van der Waals surface area contributed by atoms with Gasteiger partial charge in [0.05, 0.1) is 23.5 Å². The van der Waals surface area contributed by atoms with Crippen molar-refractivity contribution in [2.24, 2.45) is 0 Å². The van der Waals surface area contributed by atoms with Crippen molar-refractivity contribution in [1.82, 2.24) is 20.0 Å². The van der Waals surface area contributed by atoms with Gasteiger partial charge in [0.25, 0.3) is 5.91 Å². The van der Waals surface area contributed by atoms with Crippen LogP contribution >= 0.6 is 11.6 Å². The standard InChI is InChI=1S/C24H27ClN4O/c1-28(16-18-8-3-2-4-9-18)24(30)21-15-26-27-23(21)22-12-5-6-13-29(22)17-19-10-7-11-20(25)14-19/h2-4,7-11,14-15,22H,5-6,12-13,16-17H2,1H3,(H,26,27)/t22-/m0/s1. The Hall–Kier alpha value is -2.63. The van der Waals surface area contributed by atoms with Gasteiger partial charge in [0.15, 0.2) is 0 Å².